The standard InChI is InChI=1S/C13H22N2OS/c1-9(2)15-13(16)7-8-14-11(4)12-6-5-10(3)17-12/h5-6,9,11,14H,7-8H2,1-4H3,(H,15,16). The van der Waals surface area contributed by atoms with Gasteiger partial charge in [-0.25, -0.2) is 0 Å². The fourth-order valence-electron chi connectivity index (χ4n) is 1.58. The van der Waals surface area contributed by atoms with Gasteiger partial charge in [-0.15, -0.1) is 11.3 Å². The average molecular weight is 254 g/mol. The van der Waals surface area contributed by atoms with Gasteiger partial charge in [0.25, 0.3) is 0 Å². The normalized spacial score (nSPS) is 12.8. The molecule has 0 fully saturated rings. The molecule has 0 saturated heterocycles. The highest BCUT2D eigenvalue weighted by molar-refractivity contribution is 7.12. The van der Waals surface area contributed by atoms with Gasteiger partial charge < -0.3 is 10.6 Å². The molecule has 4 heteroatoms. The molecule has 1 rings (SSSR count). The van der Waals surface area contributed by atoms with Crippen LogP contribution in [-0.4, -0.2) is 18.5 Å². The molecular weight excluding hydrogens is 232 g/mol. The Morgan fingerprint density at radius 3 is 2.59 bits per heavy atom. The van der Waals surface area contributed by atoms with Crippen molar-refractivity contribution in [1.29, 1.82) is 0 Å². The van der Waals surface area contributed by atoms with Crippen molar-refractivity contribution >= 4 is 17.2 Å². The van der Waals surface area contributed by atoms with Crippen LogP contribution in [0.15, 0.2) is 12.1 Å². The van der Waals surface area contributed by atoms with E-state index in [4.69, 9.17) is 0 Å². The van der Waals surface area contributed by atoms with Crippen molar-refractivity contribution in [3.05, 3.63) is 21.9 Å². The Labute approximate surface area is 108 Å². The van der Waals surface area contributed by atoms with Crippen molar-refractivity contribution in [3.8, 4) is 0 Å². The van der Waals surface area contributed by atoms with Gasteiger partial charge in [-0.05, 0) is 39.8 Å². The quantitative estimate of drug-likeness (QED) is 0.819. The third-order valence-corrected chi connectivity index (χ3v) is 3.62. The third-order valence-electron chi connectivity index (χ3n) is 2.44. The minimum Gasteiger partial charge on any atom is -0.354 e. The summed E-state index contributed by atoms with van der Waals surface area (Å²) in [6, 6.07) is 4.82. The summed E-state index contributed by atoms with van der Waals surface area (Å²) in [5.74, 6) is 0.113. The molecule has 0 aliphatic rings. The van der Waals surface area contributed by atoms with E-state index >= 15 is 0 Å². The minimum absolute atomic E-state index is 0.113. The molecule has 3 nitrogen and oxygen atoms in total. The SMILES string of the molecule is Cc1ccc(C(C)NCCC(=O)NC(C)C)s1. The Kier molecular flexibility index (Phi) is 5.65. The van der Waals surface area contributed by atoms with E-state index in [0.717, 1.165) is 6.54 Å². The second-order valence-corrected chi connectivity index (χ2v) is 5.92. The number of rotatable bonds is 6. The summed E-state index contributed by atoms with van der Waals surface area (Å²) >= 11 is 1.80. The summed E-state index contributed by atoms with van der Waals surface area (Å²) in [4.78, 5) is 14.1. The number of carbonyl (C=O) groups excluding carboxylic acids is 1. The first kappa shape index (κ1) is 14.2. The molecule has 96 valence electrons. The predicted octanol–water partition coefficient (Wildman–Crippen LogP) is 2.62. The minimum atomic E-state index is 0.113. The Morgan fingerprint density at radius 2 is 2.06 bits per heavy atom. The summed E-state index contributed by atoms with van der Waals surface area (Å²) in [7, 11) is 0. The molecule has 0 aliphatic carbocycles. The topological polar surface area (TPSA) is 41.1 Å². The Balaban J connectivity index is 2.25. The molecule has 0 aromatic carbocycles. The molecule has 17 heavy (non-hydrogen) atoms. The van der Waals surface area contributed by atoms with E-state index in [2.05, 4.69) is 36.6 Å². The smallest absolute Gasteiger partial charge is 0.221 e. The molecule has 1 heterocycles. The number of aryl methyl sites for hydroxylation is 1. The van der Waals surface area contributed by atoms with Crippen LogP contribution >= 0.6 is 11.3 Å². The highest BCUT2D eigenvalue weighted by Gasteiger charge is 2.08. The van der Waals surface area contributed by atoms with Crippen molar-refractivity contribution in [2.75, 3.05) is 6.54 Å². The number of hydrogen-bond acceptors (Lipinski definition) is 3. The van der Waals surface area contributed by atoms with E-state index in [1.54, 1.807) is 11.3 Å². The Hall–Kier alpha value is -0.870. The van der Waals surface area contributed by atoms with Crippen molar-refractivity contribution in [2.45, 2.75) is 46.2 Å². The van der Waals surface area contributed by atoms with Crippen LogP contribution in [0.2, 0.25) is 0 Å². The molecule has 1 atom stereocenters. The summed E-state index contributed by atoms with van der Waals surface area (Å²) < 4.78 is 0. The van der Waals surface area contributed by atoms with Crippen LogP contribution in [0, 0.1) is 6.92 Å². The second kappa shape index (κ2) is 6.77. The van der Waals surface area contributed by atoms with Crippen LogP contribution in [0.3, 0.4) is 0 Å². The molecule has 0 aliphatic heterocycles. The zero-order valence-corrected chi connectivity index (χ0v) is 11.9. The van der Waals surface area contributed by atoms with Gasteiger partial charge in [0.05, 0.1) is 0 Å². The number of carbonyl (C=O) groups is 1. The molecule has 0 radical (unpaired) electrons. The van der Waals surface area contributed by atoms with Gasteiger partial charge >= 0.3 is 0 Å². The summed E-state index contributed by atoms with van der Waals surface area (Å²) in [6.07, 6.45) is 0.535. The summed E-state index contributed by atoms with van der Waals surface area (Å²) in [5.41, 5.74) is 0. The second-order valence-electron chi connectivity index (χ2n) is 4.60. The first-order chi connectivity index (χ1) is 7.99. The first-order valence-electron chi connectivity index (χ1n) is 6.08. The molecule has 1 aromatic rings. The maximum absolute atomic E-state index is 11.4. The lowest BCUT2D eigenvalue weighted by Crippen LogP contribution is -2.33. The molecule has 2 N–H and O–H groups in total. The molecule has 0 saturated carbocycles. The maximum Gasteiger partial charge on any atom is 0.221 e. The lowest BCUT2D eigenvalue weighted by atomic mass is 10.2. The van der Waals surface area contributed by atoms with E-state index in [1.165, 1.54) is 9.75 Å². The zero-order chi connectivity index (χ0) is 12.8. The van der Waals surface area contributed by atoms with Crippen LogP contribution < -0.4 is 10.6 Å². The highest BCUT2D eigenvalue weighted by Crippen LogP contribution is 2.21. The zero-order valence-electron chi connectivity index (χ0n) is 11.0. The molecule has 0 spiro atoms. The maximum atomic E-state index is 11.4. The van der Waals surface area contributed by atoms with Gasteiger partial charge in [0, 0.05) is 34.8 Å². The Bertz CT molecular complexity index is 360. The molecular formula is C13H22N2OS. The van der Waals surface area contributed by atoms with Crippen LogP contribution in [0.5, 0.6) is 0 Å². The number of hydrogen-bond donors (Lipinski definition) is 2. The van der Waals surface area contributed by atoms with E-state index < -0.39 is 0 Å². The van der Waals surface area contributed by atoms with Crippen LogP contribution in [0.4, 0.5) is 0 Å². The first-order valence-corrected chi connectivity index (χ1v) is 6.89. The van der Waals surface area contributed by atoms with Crippen LogP contribution in [0.25, 0.3) is 0 Å². The average Bonchev–Trinajstić information content (AvgIpc) is 2.63. The van der Waals surface area contributed by atoms with Gasteiger partial charge in [-0.3, -0.25) is 4.79 Å². The van der Waals surface area contributed by atoms with Gasteiger partial charge in [-0.1, -0.05) is 0 Å². The van der Waals surface area contributed by atoms with Crippen molar-refractivity contribution in [1.82, 2.24) is 10.6 Å². The van der Waals surface area contributed by atoms with Gasteiger partial charge in [0.15, 0.2) is 0 Å². The van der Waals surface area contributed by atoms with Crippen LogP contribution in [-0.2, 0) is 4.79 Å². The summed E-state index contributed by atoms with van der Waals surface area (Å²) in [5, 5.41) is 6.25. The fourth-order valence-corrected chi connectivity index (χ4v) is 2.49. The van der Waals surface area contributed by atoms with E-state index in [0.29, 0.717) is 12.5 Å². The number of thiophene rings is 1. The third kappa shape index (κ3) is 5.33. The number of amides is 1. The lowest BCUT2D eigenvalue weighted by Gasteiger charge is -2.13. The predicted molar refractivity (Wildman–Crippen MR) is 73.4 cm³/mol. The van der Waals surface area contributed by atoms with Crippen molar-refractivity contribution < 1.29 is 4.79 Å². The van der Waals surface area contributed by atoms with E-state index in [-0.39, 0.29) is 11.9 Å². The van der Waals surface area contributed by atoms with E-state index in [1.807, 2.05) is 13.8 Å². The largest absolute Gasteiger partial charge is 0.354 e. The fraction of sp³-hybridized carbons (Fsp3) is 0.615. The molecule has 0 bridgehead atoms. The summed E-state index contributed by atoms with van der Waals surface area (Å²) in [6.45, 7) is 8.91. The van der Waals surface area contributed by atoms with Crippen molar-refractivity contribution in [2.24, 2.45) is 0 Å². The van der Waals surface area contributed by atoms with E-state index in [9.17, 15) is 4.79 Å². The van der Waals surface area contributed by atoms with Gasteiger partial charge in [0.1, 0.15) is 0 Å². The number of nitrogens with one attached hydrogen (secondary N) is 2. The van der Waals surface area contributed by atoms with Gasteiger partial charge in [0.2, 0.25) is 5.91 Å². The monoisotopic (exact) mass is 254 g/mol. The highest BCUT2D eigenvalue weighted by atomic mass is 32.1. The lowest BCUT2D eigenvalue weighted by molar-refractivity contribution is -0.121. The van der Waals surface area contributed by atoms with Crippen LogP contribution in [0.1, 0.15) is 43.0 Å². The van der Waals surface area contributed by atoms with Gasteiger partial charge in [-0.2, -0.15) is 0 Å². The molecule has 1 amide bonds. The molecule has 1 unspecified atom stereocenters. The Morgan fingerprint density at radius 1 is 1.35 bits per heavy atom. The van der Waals surface area contributed by atoms with Crippen molar-refractivity contribution in [3.63, 3.8) is 0 Å². The molecule has 1 aromatic heterocycles.